The van der Waals surface area contributed by atoms with Gasteiger partial charge in [-0.15, -0.1) is 11.3 Å². The third-order valence-electron chi connectivity index (χ3n) is 5.50. The number of thiophene rings is 1. The maximum Gasteiger partial charge on any atom is 0.321 e. The molecule has 0 spiro atoms. The topological polar surface area (TPSA) is 64.4 Å². The van der Waals surface area contributed by atoms with Crippen LogP contribution < -0.4 is 4.90 Å². The minimum Gasteiger partial charge on any atom is -0.465 e. The number of para-hydroxylation sites is 2. The Hall–Kier alpha value is -3.45. The van der Waals surface area contributed by atoms with Crippen molar-refractivity contribution in [2.45, 2.75) is 19.5 Å². The number of benzene rings is 2. The van der Waals surface area contributed by atoms with Crippen LogP contribution in [0.15, 0.2) is 72.1 Å². The van der Waals surface area contributed by atoms with Crippen LogP contribution in [0.5, 0.6) is 0 Å². The predicted octanol–water partition coefficient (Wildman–Crippen LogP) is 4.41. The molecule has 2 atom stereocenters. The second kappa shape index (κ2) is 8.00. The van der Waals surface area contributed by atoms with Crippen LogP contribution in [0.3, 0.4) is 0 Å². The van der Waals surface area contributed by atoms with E-state index in [4.69, 9.17) is 9.72 Å². The Morgan fingerprint density at radius 1 is 1.06 bits per heavy atom. The van der Waals surface area contributed by atoms with E-state index >= 15 is 0 Å². The summed E-state index contributed by atoms with van der Waals surface area (Å²) >= 11 is 1.52. The van der Waals surface area contributed by atoms with Crippen molar-refractivity contribution in [3.63, 3.8) is 0 Å². The van der Waals surface area contributed by atoms with E-state index in [1.807, 2.05) is 76.7 Å². The number of anilines is 1. The molecule has 2 aromatic heterocycles. The molecule has 0 saturated carbocycles. The first-order chi connectivity index (χ1) is 15.2. The fraction of sp³-hybridized carbons (Fsp3) is 0.208. The van der Waals surface area contributed by atoms with Crippen LogP contribution in [0.1, 0.15) is 23.4 Å². The molecular weight excluding hydrogens is 410 g/mol. The summed E-state index contributed by atoms with van der Waals surface area (Å²) in [5, 5.41) is 1.96. The molecule has 0 bridgehead atoms. The molecule has 0 saturated heterocycles. The number of aromatic nitrogens is 2. The van der Waals surface area contributed by atoms with Crippen LogP contribution in [0.4, 0.5) is 5.95 Å². The molecule has 0 aliphatic carbocycles. The summed E-state index contributed by atoms with van der Waals surface area (Å²) in [6.07, 6.45) is 0. The largest absolute Gasteiger partial charge is 0.465 e. The van der Waals surface area contributed by atoms with Crippen LogP contribution in [0.2, 0.25) is 0 Å². The minimum atomic E-state index is -0.979. The lowest BCUT2D eigenvalue weighted by Gasteiger charge is -2.37. The van der Waals surface area contributed by atoms with E-state index in [-0.39, 0.29) is 12.5 Å². The Morgan fingerprint density at radius 3 is 2.58 bits per heavy atom. The van der Waals surface area contributed by atoms with Gasteiger partial charge >= 0.3 is 5.97 Å². The van der Waals surface area contributed by atoms with Crippen LogP contribution in [0, 0.1) is 5.92 Å². The van der Waals surface area contributed by atoms with E-state index in [9.17, 15) is 9.59 Å². The van der Waals surface area contributed by atoms with Crippen molar-refractivity contribution in [3.05, 3.63) is 82.6 Å². The molecule has 2 aromatic carbocycles. The third-order valence-corrected chi connectivity index (χ3v) is 6.45. The first-order valence-electron chi connectivity index (χ1n) is 10.2. The summed E-state index contributed by atoms with van der Waals surface area (Å²) in [4.78, 5) is 34.2. The predicted molar refractivity (Wildman–Crippen MR) is 120 cm³/mol. The number of carbonyl (C=O) groups is 2. The minimum absolute atomic E-state index is 0.218. The van der Waals surface area contributed by atoms with Gasteiger partial charge in [-0.3, -0.25) is 19.1 Å². The van der Waals surface area contributed by atoms with Gasteiger partial charge in [-0.2, -0.15) is 0 Å². The van der Waals surface area contributed by atoms with Gasteiger partial charge in [0, 0.05) is 4.88 Å². The number of hydrogen-bond donors (Lipinski definition) is 0. The molecule has 2 unspecified atom stereocenters. The van der Waals surface area contributed by atoms with Crippen LogP contribution in [0.25, 0.3) is 11.0 Å². The van der Waals surface area contributed by atoms with Crippen molar-refractivity contribution in [1.29, 1.82) is 0 Å². The monoisotopic (exact) mass is 431 g/mol. The molecule has 0 radical (unpaired) electrons. The number of fused-ring (bicyclic) bond motifs is 3. The zero-order chi connectivity index (χ0) is 21.4. The Balaban J connectivity index is 1.74. The highest BCUT2D eigenvalue weighted by Gasteiger charge is 2.48. The molecular formula is C24H21N3O3S. The Bertz CT molecular complexity index is 1230. The van der Waals surface area contributed by atoms with E-state index < -0.39 is 17.9 Å². The second-order valence-electron chi connectivity index (χ2n) is 7.37. The van der Waals surface area contributed by atoms with Crippen LogP contribution in [-0.2, 0) is 20.9 Å². The first kappa shape index (κ1) is 19.5. The van der Waals surface area contributed by atoms with Crippen LogP contribution in [-0.4, -0.2) is 28.0 Å². The summed E-state index contributed by atoms with van der Waals surface area (Å²) < 4.78 is 7.39. The number of nitrogens with zero attached hydrogens (tertiary/aromatic N) is 3. The Kier molecular flexibility index (Phi) is 5.03. The average Bonchev–Trinajstić information content (AvgIpc) is 3.44. The highest BCUT2D eigenvalue weighted by atomic mass is 32.1. The molecule has 1 aliphatic heterocycles. The quantitative estimate of drug-likeness (QED) is 0.347. The number of amides is 1. The zero-order valence-corrected chi connectivity index (χ0v) is 17.8. The SMILES string of the molecule is CCOC(=O)C1C(=O)N(Cc2ccccc2)c2nc3ccccc3n2C1c1cccs1. The fourth-order valence-electron chi connectivity index (χ4n) is 4.17. The van der Waals surface area contributed by atoms with Gasteiger partial charge in [0.15, 0.2) is 5.92 Å². The lowest BCUT2D eigenvalue weighted by atomic mass is 9.93. The van der Waals surface area contributed by atoms with E-state index in [0.29, 0.717) is 12.5 Å². The summed E-state index contributed by atoms with van der Waals surface area (Å²) in [7, 11) is 0. The third kappa shape index (κ3) is 3.31. The highest BCUT2D eigenvalue weighted by Crippen LogP contribution is 2.43. The molecule has 0 fully saturated rings. The molecule has 156 valence electrons. The molecule has 3 heterocycles. The van der Waals surface area contributed by atoms with E-state index in [0.717, 1.165) is 21.5 Å². The van der Waals surface area contributed by atoms with Crippen molar-refractivity contribution < 1.29 is 14.3 Å². The zero-order valence-electron chi connectivity index (χ0n) is 17.0. The van der Waals surface area contributed by atoms with Gasteiger partial charge < -0.3 is 4.74 Å². The summed E-state index contributed by atoms with van der Waals surface area (Å²) in [6, 6.07) is 20.9. The van der Waals surface area contributed by atoms with Gasteiger partial charge in [-0.05, 0) is 36.1 Å². The average molecular weight is 432 g/mol. The molecule has 1 aliphatic rings. The molecule has 31 heavy (non-hydrogen) atoms. The smallest absolute Gasteiger partial charge is 0.321 e. The van der Waals surface area contributed by atoms with E-state index in [2.05, 4.69) is 0 Å². The molecule has 7 heteroatoms. The van der Waals surface area contributed by atoms with Crippen molar-refractivity contribution in [2.24, 2.45) is 5.92 Å². The van der Waals surface area contributed by atoms with Gasteiger partial charge in [0.1, 0.15) is 0 Å². The summed E-state index contributed by atoms with van der Waals surface area (Å²) in [5.41, 5.74) is 2.64. The number of hydrogen-bond acceptors (Lipinski definition) is 5. The molecule has 4 aromatic rings. The van der Waals surface area contributed by atoms with Gasteiger partial charge in [0.25, 0.3) is 0 Å². The maximum atomic E-state index is 13.8. The normalized spacial score (nSPS) is 18.2. The van der Waals surface area contributed by atoms with Crippen molar-refractivity contribution in [2.75, 3.05) is 11.5 Å². The van der Waals surface area contributed by atoms with Gasteiger partial charge in [-0.1, -0.05) is 48.5 Å². The van der Waals surface area contributed by atoms with E-state index in [1.54, 1.807) is 11.8 Å². The maximum absolute atomic E-state index is 13.8. The number of imidazole rings is 1. The first-order valence-corrected chi connectivity index (χ1v) is 11.1. The lowest BCUT2D eigenvalue weighted by Crippen LogP contribution is -2.49. The van der Waals surface area contributed by atoms with Crippen molar-refractivity contribution in [3.8, 4) is 0 Å². The summed E-state index contributed by atoms with van der Waals surface area (Å²) in [5.74, 6) is -1.22. The van der Waals surface area contributed by atoms with Crippen molar-refractivity contribution >= 4 is 40.2 Å². The van der Waals surface area contributed by atoms with Crippen LogP contribution >= 0.6 is 11.3 Å². The Morgan fingerprint density at radius 2 is 1.84 bits per heavy atom. The molecule has 1 amide bonds. The van der Waals surface area contributed by atoms with E-state index in [1.165, 1.54) is 11.3 Å². The number of ether oxygens (including phenoxy) is 1. The van der Waals surface area contributed by atoms with Gasteiger partial charge in [-0.25, -0.2) is 4.98 Å². The fourth-order valence-corrected chi connectivity index (χ4v) is 5.03. The number of carbonyl (C=O) groups excluding carboxylic acids is 2. The summed E-state index contributed by atoms with van der Waals surface area (Å²) in [6.45, 7) is 2.30. The molecule has 0 N–H and O–H groups in total. The van der Waals surface area contributed by atoms with Crippen molar-refractivity contribution in [1.82, 2.24) is 9.55 Å². The van der Waals surface area contributed by atoms with Gasteiger partial charge in [0.2, 0.25) is 11.9 Å². The molecule has 5 rings (SSSR count). The standard InChI is InChI=1S/C24H21N3O3S/c1-2-30-23(29)20-21(19-13-8-14-31-19)27-18-12-7-6-11-17(18)25-24(27)26(22(20)28)15-16-9-4-3-5-10-16/h3-14,20-21H,2,15H2,1H3. The molecule has 6 nitrogen and oxygen atoms in total. The Labute approximate surface area is 183 Å². The second-order valence-corrected chi connectivity index (χ2v) is 8.35. The lowest BCUT2D eigenvalue weighted by molar-refractivity contribution is -0.153. The highest BCUT2D eigenvalue weighted by molar-refractivity contribution is 7.10. The van der Waals surface area contributed by atoms with Gasteiger partial charge in [0.05, 0.1) is 30.2 Å². The number of rotatable bonds is 5. The number of esters is 1.